The second-order valence-corrected chi connectivity index (χ2v) is 11.1. The molecular weight excluding hydrogens is 562 g/mol. The van der Waals surface area contributed by atoms with Crippen molar-refractivity contribution < 1.29 is 19.4 Å². The summed E-state index contributed by atoms with van der Waals surface area (Å²) < 4.78 is 12.2. The molecule has 0 saturated carbocycles. The van der Waals surface area contributed by atoms with Gasteiger partial charge in [0.2, 0.25) is 5.90 Å². The fourth-order valence-corrected chi connectivity index (χ4v) is 5.45. The molecule has 7 nitrogen and oxygen atoms in total. The second-order valence-electron chi connectivity index (χ2n) is 11.1. The number of nitrogens with one attached hydrogen (secondary N) is 2. The summed E-state index contributed by atoms with van der Waals surface area (Å²) in [5, 5.41) is 9.04. The number of nitrogens with zero attached hydrogens (tertiary/aromatic N) is 1. The van der Waals surface area contributed by atoms with E-state index in [1.165, 1.54) is 5.56 Å². The quantitative estimate of drug-likeness (QED) is 0.0764. The van der Waals surface area contributed by atoms with E-state index in [0.29, 0.717) is 31.2 Å². The first-order valence-electron chi connectivity index (χ1n) is 15.6. The van der Waals surface area contributed by atoms with Gasteiger partial charge in [0.25, 0.3) is 5.91 Å². The van der Waals surface area contributed by atoms with Crippen molar-refractivity contribution in [1.82, 2.24) is 10.9 Å². The van der Waals surface area contributed by atoms with Crippen molar-refractivity contribution >= 4 is 11.8 Å². The minimum Gasteiger partial charge on any atom is -0.494 e. The van der Waals surface area contributed by atoms with E-state index < -0.39 is 11.6 Å². The molecule has 0 aromatic heterocycles. The molecule has 0 spiro atoms. The fraction of sp³-hybridized carbons (Fsp3) is 0.263. The lowest BCUT2D eigenvalue weighted by molar-refractivity contribution is -0.129. The highest BCUT2D eigenvalue weighted by Crippen LogP contribution is 2.43. The summed E-state index contributed by atoms with van der Waals surface area (Å²) in [6.07, 6.45) is 4.80. The van der Waals surface area contributed by atoms with Crippen LogP contribution in [0, 0.1) is 0 Å². The van der Waals surface area contributed by atoms with E-state index in [4.69, 9.17) is 19.6 Å². The highest BCUT2D eigenvalue weighted by Gasteiger charge is 2.52. The number of rotatable bonds is 16. The number of hydrogen-bond donors (Lipinski definition) is 3. The number of unbranched alkanes of at least 4 members (excludes halogenated alkanes) is 1. The first-order chi connectivity index (χ1) is 22.1. The van der Waals surface area contributed by atoms with Crippen LogP contribution in [0.1, 0.15) is 48.5 Å². The second kappa shape index (κ2) is 15.8. The minimum atomic E-state index is -1.27. The van der Waals surface area contributed by atoms with Gasteiger partial charge in [-0.2, -0.15) is 0 Å². The maximum absolute atomic E-state index is 14.0. The topological polar surface area (TPSA) is 92.2 Å². The van der Waals surface area contributed by atoms with Crippen molar-refractivity contribution in [2.75, 3.05) is 19.8 Å². The van der Waals surface area contributed by atoms with Gasteiger partial charge < -0.3 is 14.6 Å². The highest BCUT2D eigenvalue weighted by molar-refractivity contribution is 6.01. The molecule has 1 aliphatic rings. The number of ether oxygens (including phenoxy) is 2. The lowest BCUT2D eigenvalue weighted by atomic mass is 9.84. The molecule has 0 aliphatic carbocycles. The summed E-state index contributed by atoms with van der Waals surface area (Å²) >= 11 is 0. The van der Waals surface area contributed by atoms with Crippen LogP contribution in [0.2, 0.25) is 0 Å². The first kappa shape index (κ1) is 31.7. The Morgan fingerprint density at radius 1 is 0.867 bits per heavy atom. The minimum absolute atomic E-state index is 0.0758. The molecule has 1 heterocycles. The first-order valence-corrected chi connectivity index (χ1v) is 15.6. The third kappa shape index (κ3) is 8.06. The molecular formula is C38H41N3O4. The number of hydrazine groups is 1. The normalized spacial score (nSPS) is 17.3. The van der Waals surface area contributed by atoms with Crippen LogP contribution in [0.4, 0.5) is 0 Å². The largest absolute Gasteiger partial charge is 0.494 e. The van der Waals surface area contributed by atoms with E-state index in [1.54, 1.807) is 6.08 Å². The van der Waals surface area contributed by atoms with Gasteiger partial charge in [0.1, 0.15) is 5.75 Å². The molecule has 1 aliphatic heterocycles. The Bertz CT molecular complexity index is 1540. The van der Waals surface area contributed by atoms with Gasteiger partial charge in [0.05, 0.1) is 6.61 Å². The SMILES string of the molecule is C=CC[C@]1(C(=O)NNCCCCc2ccccc2)N=C(c2ccc(OCCCO)cc2)O[C@H]1c1ccc(-c2ccccc2)cc1. The van der Waals surface area contributed by atoms with Gasteiger partial charge in [-0.1, -0.05) is 91.0 Å². The molecule has 0 fully saturated rings. The number of aliphatic hydroxyl groups excluding tert-OH is 1. The molecule has 3 N–H and O–H groups in total. The van der Waals surface area contributed by atoms with Gasteiger partial charge in [-0.25, -0.2) is 10.4 Å². The molecule has 7 heteroatoms. The lowest BCUT2D eigenvalue weighted by Gasteiger charge is -2.29. The Balaban J connectivity index is 1.35. The van der Waals surface area contributed by atoms with Crippen molar-refractivity contribution in [2.45, 2.75) is 43.7 Å². The monoisotopic (exact) mass is 603 g/mol. The van der Waals surface area contributed by atoms with Crippen molar-refractivity contribution in [3.8, 4) is 16.9 Å². The number of hydrogen-bond acceptors (Lipinski definition) is 6. The fourth-order valence-electron chi connectivity index (χ4n) is 5.45. The molecule has 2 atom stereocenters. The predicted molar refractivity (Wildman–Crippen MR) is 179 cm³/mol. The number of carbonyl (C=O) groups excluding carboxylic acids is 1. The predicted octanol–water partition coefficient (Wildman–Crippen LogP) is 6.59. The summed E-state index contributed by atoms with van der Waals surface area (Å²) in [7, 11) is 0. The van der Waals surface area contributed by atoms with Crippen LogP contribution in [-0.4, -0.2) is 42.2 Å². The summed E-state index contributed by atoms with van der Waals surface area (Å²) in [5.41, 5.74) is 9.87. The maximum Gasteiger partial charge on any atom is 0.266 e. The van der Waals surface area contributed by atoms with Crippen LogP contribution < -0.4 is 15.6 Å². The molecule has 0 saturated heterocycles. The van der Waals surface area contributed by atoms with Crippen LogP contribution in [0.5, 0.6) is 5.75 Å². The van der Waals surface area contributed by atoms with Gasteiger partial charge in [0.15, 0.2) is 11.6 Å². The average Bonchev–Trinajstić information content (AvgIpc) is 3.48. The molecule has 4 aromatic rings. The van der Waals surface area contributed by atoms with Crippen LogP contribution in [0.15, 0.2) is 127 Å². The zero-order chi connectivity index (χ0) is 31.3. The van der Waals surface area contributed by atoms with Crippen molar-refractivity contribution in [1.29, 1.82) is 0 Å². The van der Waals surface area contributed by atoms with Crippen LogP contribution in [0.3, 0.4) is 0 Å². The molecule has 4 aromatic carbocycles. The van der Waals surface area contributed by atoms with E-state index in [1.807, 2.05) is 72.8 Å². The molecule has 232 valence electrons. The van der Waals surface area contributed by atoms with Gasteiger partial charge in [0, 0.05) is 31.6 Å². The molecule has 0 bridgehead atoms. The Labute approximate surface area is 265 Å². The number of aryl methyl sites for hydroxylation is 1. The maximum atomic E-state index is 14.0. The van der Waals surface area contributed by atoms with E-state index in [-0.39, 0.29) is 18.9 Å². The molecule has 5 rings (SSSR count). The Morgan fingerprint density at radius 2 is 1.53 bits per heavy atom. The van der Waals surface area contributed by atoms with Gasteiger partial charge in [-0.3, -0.25) is 10.2 Å². The van der Waals surface area contributed by atoms with E-state index in [0.717, 1.165) is 41.5 Å². The Hall–Kier alpha value is -4.72. The number of aliphatic hydroxyl groups is 1. The van der Waals surface area contributed by atoms with Gasteiger partial charge in [-0.15, -0.1) is 6.58 Å². The van der Waals surface area contributed by atoms with Gasteiger partial charge in [-0.05, 0) is 65.8 Å². The van der Waals surface area contributed by atoms with E-state index in [9.17, 15) is 4.79 Å². The molecule has 0 unspecified atom stereocenters. The Morgan fingerprint density at radius 3 is 2.22 bits per heavy atom. The van der Waals surface area contributed by atoms with Crippen LogP contribution in [-0.2, 0) is 16.0 Å². The number of carbonyl (C=O) groups is 1. The lowest BCUT2D eigenvalue weighted by Crippen LogP contribution is -2.52. The average molecular weight is 604 g/mol. The Kier molecular flexibility index (Phi) is 11.2. The van der Waals surface area contributed by atoms with E-state index >= 15 is 0 Å². The standard InChI is InChI=1S/C38H41N3O4/c1-2-25-38(37(43)41-39-26-10-9-14-29-12-5-3-6-13-29)35(32-19-17-31(18-20-32)30-15-7-4-8-16-30)45-36(40-38)33-21-23-34(24-22-33)44-28-11-27-42/h2-8,12-13,15-24,35,39,42H,1,9-11,14,25-28H2,(H,41,43)/t35-,38-/m0/s1. The summed E-state index contributed by atoms with van der Waals surface area (Å²) in [4.78, 5) is 19.0. The smallest absolute Gasteiger partial charge is 0.266 e. The zero-order valence-corrected chi connectivity index (χ0v) is 25.5. The van der Waals surface area contributed by atoms with Gasteiger partial charge >= 0.3 is 0 Å². The van der Waals surface area contributed by atoms with E-state index in [2.05, 4.69) is 53.8 Å². The highest BCUT2D eigenvalue weighted by atomic mass is 16.5. The number of benzene rings is 4. The van der Waals surface area contributed by atoms with Crippen molar-refractivity contribution in [2.24, 2.45) is 4.99 Å². The molecule has 1 amide bonds. The van der Waals surface area contributed by atoms with Crippen LogP contribution >= 0.6 is 0 Å². The summed E-state index contributed by atoms with van der Waals surface area (Å²) in [6.45, 7) is 5.10. The zero-order valence-electron chi connectivity index (χ0n) is 25.5. The third-order valence-corrected chi connectivity index (χ3v) is 7.87. The van der Waals surface area contributed by atoms with Crippen molar-refractivity contribution in [3.63, 3.8) is 0 Å². The molecule has 0 radical (unpaired) electrons. The summed E-state index contributed by atoms with van der Waals surface area (Å²) in [6, 6.07) is 36.1. The summed E-state index contributed by atoms with van der Waals surface area (Å²) in [5.74, 6) is 0.792. The molecule has 45 heavy (non-hydrogen) atoms. The number of aliphatic imine (C=N–C) groups is 1. The number of amides is 1. The third-order valence-electron chi connectivity index (χ3n) is 7.87. The van der Waals surface area contributed by atoms with Crippen LogP contribution in [0.25, 0.3) is 11.1 Å². The van der Waals surface area contributed by atoms with Crippen molar-refractivity contribution in [3.05, 3.63) is 139 Å².